The number of benzene rings is 1. The maximum Gasteiger partial charge on any atom is 0.0630 e. The minimum atomic E-state index is 0.477. The van der Waals surface area contributed by atoms with E-state index in [2.05, 4.69) is 43.4 Å². The average molecular weight is 230 g/mol. The predicted octanol–water partition coefficient (Wildman–Crippen LogP) is 4.54. The smallest absolute Gasteiger partial charge is 0.0630 e. The molecule has 1 saturated carbocycles. The van der Waals surface area contributed by atoms with Crippen LogP contribution in [-0.4, -0.2) is 11.8 Å². The van der Waals surface area contributed by atoms with Crippen molar-refractivity contribution in [2.75, 3.05) is 5.32 Å². The Morgan fingerprint density at radius 1 is 1.00 bits per heavy atom. The van der Waals surface area contributed by atoms with Crippen LogP contribution in [0.1, 0.15) is 46.0 Å². The molecule has 2 heteroatoms. The SMILES string of the molecule is CC(C)Nc1ccc(N=C2CCCCC2)cc1. The van der Waals surface area contributed by atoms with Gasteiger partial charge in [0.05, 0.1) is 5.69 Å². The summed E-state index contributed by atoms with van der Waals surface area (Å²) in [6.07, 6.45) is 6.37. The van der Waals surface area contributed by atoms with Crippen LogP contribution in [0.25, 0.3) is 0 Å². The lowest BCUT2D eigenvalue weighted by molar-refractivity contribution is 0.667. The van der Waals surface area contributed by atoms with Gasteiger partial charge in [-0.15, -0.1) is 0 Å². The molecule has 0 radical (unpaired) electrons. The third-order valence-electron chi connectivity index (χ3n) is 3.04. The van der Waals surface area contributed by atoms with Crippen LogP contribution in [0.15, 0.2) is 29.3 Å². The third kappa shape index (κ3) is 3.88. The number of hydrogen-bond donors (Lipinski definition) is 1. The van der Waals surface area contributed by atoms with Gasteiger partial charge >= 0.3 is 0 Å². The van der Waals surface area contributed by atoms with Crippen molar-refractivity contribution < 1.29 is 0 Å². The lowest BCUT2D eigenvalue weighted by Crippen LogP contribution is -2.09. The molecule has 1 aromatic rings. The summed E-state index contributed by atoms with van der Waals surface area (Å²) in [4.78, 5) is 4.73. The lowest BCUT2D eigenvalue weighted by Gasteiger charge is -2.13. The first-order valence-corrected chi connectivity index (χ1v) is 6.67. The lowest BCUT2D eigenvalue weighted by atomic mass is 9.98. The fourth-order valence-corrected chi connectivity index (χ4v) is 2.22. The van der Waals surface area contributed by atoms with Crippen molar-refractivity contribution in [3.63, 3.8) is 0 Å². The zero-order chi connectivity index (χ0) is 12.1. The van der Waals surface area contributed by atoms with Crippen molar-refractivity contribution in [1.82, 2.24) is 0 Å². The highest BCUT2D eigenvalue weighted by molar-refractivity contribution is 5.87. The fraction of sp³-hybridized carbons (Fsp3) is 0.533. The van der Waals surface area contributed by atoms with Crippen LogP contribution in [0.2, 0.25) is 0 Å². The van der Waals surface area contributed by atoms with E-state index in [9.17, 15) is 0 Å². The molecular formula is C15H22N2. The minimum absolute atomic E-state index is 0.477. The van der Waals surface area contributed by atoms with Gasteiger partial charge in [-0.25, -0.2) is 0 Å². The normalized spacial score (nSPS) is 16.1. The molecule has 0 unspecified atom stereocenters. The van der Waals surface area contributed by atoms with Crippen molar-refractivity contribution in [2.24, 2.45) is 4.99 Å². The van der Waals surface area contributed by atoms with E-state index in [-0.39, 0.29) is 0 Å². The van der Waals surface area contributed by atoms with Gasteiger partial charge in [0.15, 0.2) is 0 Å². The Bertz CT molecular complexity index is 368. The molecule has 1 N–H and O–H groups in total. The van der Waals surface area contributed by atoms with E-state index in [1.54, 1.807) is 0 Å². The van der Waals surface area contributed by atoms with E-state index in [4.69, 9.17) is 4.99 Å². The van der Waals surface area contributed by atoms with Gasteiger partial charge in [0, 0.05) is 17.4 Å². The van der Waals surface area contributed by atoms with Crippen molar-refractivity contribution in [3.05, 3.63) is 24.3 Å². The van der Waals surface area contributed by atoms with Crippen molar-refractivity contribution in [3.8, 4) is 0 Å². The highest BCUT2D eigenvalue weighted by Crippen LogP contribution is 2.21. The van der Waals surface area contributed by atoms with Gasteiger partial charge in [-0.05, 0) is 63.8 Å². The van der Waals surface area contributed by atoms with Gasteiger partial charge in [-0.1, -0.05) is 6.42 Å². The molecule has 0 bridgehead atoms. The fourth-order valence-electron chi connectivity index (χ4n) is 2.22. The summed E-state index contributed by atoms with van der Waals surface area (Å²) in [6, 6.07) is 8.91. The Morgan fingerprint density at radius 2 is 1.65 bits per heavy atom. The molecule has 2 nitrogen and oxygen atoms in total. The largest absolute Gasteiger partial charge is 0.383 e. The maximum absolute atomic E-state index is 4.73. The summed E-state index contributed by atoms with van der Waals surface area (Å²) < 4.78 is 0. The molecule has 0 amide bonds. The Labute approximate surface area is 104 Å². The van der Waals surface area contributed by atoms with Crippen LogP contribution in [0.3, 0.4) is 0 Å². The second-order valence-corrected chi connectivity index (χ2v) is 5.08. The topological polar surface area (TPSA) is 24.4 Å². The van der Waals surface area contributed by atoms with Crippen molar-refractivity contribution in [1.29, 1.82) is 0 Å². The summed E-state index contributed by atoms with van der Waals surface area (Å²) in [7, 11) is 0. The number of hydrogen-bond acceptors (Lipinski definition) is 2. The molecule has 0 aromatic heterocycles. The van der Waals surface area contributed by atoms with Gasteiger partial charge < -0.3 is 5.32 Å². The quantitative estimate of drug-likeness (QED) is 0.809. The average Bonchev–Trinajstić information content (AvgIpc) is 2.32. The van der Waals surface area contributed by atoms with E-state index >= 15 is 0 Å². The molecule has 92 valence electrons. The first kappa shape index (κ1) is 12.2. The molecule has 0 spiro atoms. The highest BCUT2D eigenvalue weighted by atomic mass is 14.9. The van der Waals surface area contributed by atoms with Gasteiger partial charge in [0.1, 0.15) is 0 Å². The molecule has 17 heavy (non-hydrogen) atoms. The number of rotatable bonds is 3. The van der Waals surface area contributed by atoms with Crippen molar-refractivity contribution >= 4 is 17.1 Å². The zero-order valence-electron chi connectivity index (χ0n) is 10.9. The number of nitrogens with zero attached hydrogens (tertiary/aromatic N) is 1. The minimum Gasteiger partial charge on any atom is -0.383 e. The van der Waals surface area contributed by atoms with Crippen molar-refractivity contribution in [2.45, 2.75) is 52.0 Å². The van der Waals surface area contributed by atoms with E-state index in [1.807, 2.05) is 0 Å². The second kappa shape index (κ2) is 5.85. The molecule has 0 saturated heterocycles. The first-order chi connectivity index (χ1) is 8.24. The summed E-state index contributed by atoms with van der Waals surface area (Å²) in [6.45, 7) is 4.30. The van der Waals surface area contributed by atoms with E-state index in [0.29, 0.717) is 6.04 Å². The first-order valence-electron chi connectivity index (χ1n) is 6.67. The van der Waals surface area contributed by atoms with Gasteiger partial charge in [0.2, 0.25) is 0 Å². The number of anilines is 1. The number of aliphatic imine (C=N–C) groups is 1. The summed E-state index contributed by atoms with van der Waals surface area (Å²) >= 11 is 0. The van der Waals surface area contributed by atoms with Crippen LogP contribution in [-0.2, 0) is 0 Å². The maximum atomic E-state index is 4.73. The molecule has 2 rings (SSSR count). The molecule has 1 fully saturated rings. The molecule has 0 aliphatic heterocycles. The van der Waals surface area contributed by atoms with Crippen LogP contribution in [0, 0.1) is 0 Å². The molecule has 1 aliphatic carbocycles. The molecule has 1 aromatic carbocycles. The molecule has 1 aliphatic rings. The zero-order valence-corrected chi connectivity index (χ0v) is 10.9. The summed E-state index contributed by atoms with van der Waals surface area (Å²) in [5.41, 5.74) is 3.64. The third-order valence-corrected chi connectivity index (χ3v) is 3.04. The summed E-state index contributed by atoms with van der Waals surface area (Å²) in [5.74, 6) is 0. The Balaban J connectivity index is 2.02. The van der Waals surface area contributed by atoms with E-state index in [1.165, 1.54) is 43.5 Å². The van der Waals surface area contributed by atoms with Crippen LogP contribution in [0.5, 0.6) is 0 Å². The van der Waals surface area contributed by atoms with E-state index in [0.717, 1.165) is 5.69 Å². The molecule has 0 heterocycles. The van der Waals surface area contributed by atoms with Crippen LogP contribution >= 0.6 is 0 Å². The second-order valence-electron chi connectivity index (χ2n) is 5.08. The van der Waals surface area contributed by atoms with Crippen LogP contribution < -0.4 is 5.32 Å². The van der Waals surface area contributed by atoms with Gasteiger partial charge in [-0.3, -0.25) is 4.99 Å². The molecule has 0 atom stereocenters. The Hall–Kier alpha value is -1.31. The van der Waals surface area contributed by atoms with Crippen LogP contribution in [0.4, 0.5) is 11.4 Å². The Morgan fingerprint density at radius 3 is 2.24 bits per heavy atom. The van der Waals surface area contributed by atoms with Gasteiger partial charge in [-0.2, -0.15) is 0 Å². The summed E-state index contributed by atoms with van der Waals surface area (Å²) in [5, 5.41) is 3.39. The van der Waals surface area contributed by atoms with Gasteiger partial charge in [0.25, 0.3) is 0 Å². The number of nitrogens with one attached hydrogen (secondary N) is 1. The molecular weight excluding hydrogens is 208 g/mol. The Kier molecular flexibility index (Phi) is 4.18. The highest BCUT2D eigenvalue weighted by Gasteiger charge is 2.06. The standard InChI is InChI=1S/C15H22N2/c1-12(2)16-14-8-10-15(11-9-14)17-13-6-4-3-5-7-13/h8-12,16H,3-7H2,1-2H3. The monoisotopic (exact) mass is 230 g/mol. The predicted molar refractivity (Wildman–Crippen MR) is 75.4 cm³/mol. The van der Waals surface area contributed by atoms with E-state index < -0.39 is 0 Å².